The van der Waals surface area contributed by atoms with Crippen molar-refractivity contribution in [1.29, 1.82) is 0 Å². The standard InChI is InChI=1S/C22H23N3O5/c26-20-19-13-24(22(28)30-17-9-5-2-6-10-17)11-12-25(19)21(27)18(23-20)15-29-14-16-7-3-1-4-8-16/h1-10,18-19H,11-15H2,(H,23,26)/t18-,19+/m0/s1. The molecule has 2 saturated heterocycles. The van der Waals surface area contributed by atoms with Gasteiger partial charge in [0, 0.05) is 13.1 Å². The molecule has 2 fully saturated rings. The summed E-state index contributed by atoms with van der Waals surface area (Å²) in [5.74, 6) is -0.0476. The molecule has 2 aliphatic rings. The molecule has 0 aromatic heterocycles. The predicted molar refractivity (Wildman–Crippen MR) is 108 cm³/mol. The number of rotatable bonds is 5. The SMILES string of the molecule is O=C1N[C@@H](COCc2ccccc2)C(=O)N2CCN(C(=O)Oc3ccccc3)C[C@H]12. The number of hydrogen-bond donors (Lipinski definition) is 1. The molecule has 0 bridgehead atoms. The first-order valence-corrected chi connectivity index (χ1v) is 9.86. The maximum Gasteiger partial charge on any atom is 0.415 e. The summed E-state index contributed by atoms with van der Waals surface area (Å²) in [6, 6.07) is 16.9. The van der Waals surface area contributed by atoms with E-state index in [1.165, 1.54) is 9.80 Å². The maximum absolute atomic E-state index is 12.8. The average Bonchev–Trinajstić information content (AvgIpc) is 2.78. The van der Waals surface area contributed by atoms with E-state index in [4.69, 9.17) is 9.47 Å². The molecule has 0 aliphatic carbocycles. The molecular formula is C22H23N3O5. The van der Waals surface area contributed by atoms with Gasteiger partial charge in [-0.15, -0.1) is 0 Å². The van der Waals surface area contributed by atoms with Crippen LogP contribution >= 0.6 is 0 Å². The Morgan fingerprint density at radius 3 is 2.43 bits per heavy atom. The second-order valence-electron chi connectivity index (χ2n) is 7.24. The lowest BCUT2D eigenvalue weighted by atomic mass is 10.0. The van der Waals surface area contributed by atoms with Crippen LogP contribution in [-0.2, 0) is 20.9 Å². The summed E-state index contributed by atoms with van der Waals surface area (Å²) in [7, 11) is 0. The van der Waals surface area contributed by atoms with E-state index in [0.717, 1.165) is 5.56 Å². The number of carbonyl (C=O) groups is 3. The van der Waals surface area contributed by atoms with Gasteiger partial charge in [-0.2, -0.15) is 0 Å². The Labute approximate surface area is 174 Å². The minimum atomic E-state index is -0.722. The van der Waals surface area contributed by atoms with E-state index in [2.05, 4.69) is 5.32 Å². The van der Waals surface area contributed by atoms with Crippen LogP contribution in [0, 0.1) is 0 Å². The molecule has 1 N–H and O–H groups in total. The van der Waals surface area contributed by atoms with Crippen molar-refractivity contribution in [2.24, 2.45) is 0 Å². The van der Waals surface area contributed by atoms with Crippen LogP contribution in [0.3, 0.4) is 0 Å². The van der Waals surface area contributed by atoms with Crippen molar-refractivity contribution < 1.29 is 23.9 Å². The molecule has 2 aliphatic heterocycles. The lowest BCUT2D eigenvalue weighted by molar-refractivity contribution is -0.154. The van der Waals surface area contributed by atoms with Gasteiger partial charge in [0.15, 0.2) is 0 Å². The molecular weight excluding hydrogens is 386 g/mol. The quantitative estimate of drug-likeness (QED) is 0.807. The molecule has 2 heterocycles. The fourth-order valence-electron chi connectivity index (χ4n) is 3.60. The number of piperazine rings is 2. The molecule has 2 aromatic carbocycles. The van der Waals surface area contributed by atoms with E-state index in [-0.39, 0.29) is 31.5 Å². The topological polar surface area (TPSA) is 88.2 Å². The van der Waals surface area contributed by atoms with Crippen molar-refractivity contribution in [1.82, 2.24) is 15.1 Å². The molecule has 3 amide bonds. The van der Waals surface area contributed by atoms with Crippen molar-refractivity contribution in [2.45, 2.75) is 18.7 Å². The van der Waals surface area contributed by atoms with Gasteiger partial charge in [0.1, 0.15) is 17.8 Å². The van der Waals surface area contributed by atoms with E-state index in [0.29, 0.717) is 18.9 Å². The fraction of sp³-hybridized carbons (Fsp3) is 0.318. The number of fused-ring (bicyclic) bond motifs is 1. The Hall–Kier alpha value is -3.39. The molecule has 0 saturated carbocycles. The first kappa shape index (κ1) is 19.9. The summed E-state index contributed by atoms with van der Waals surface area (Å²) in [5.41, 5.74) is 0.996. The van der Waals surface area contributed by atoms with Gasteiger partial charge in [0.2, 0.25) is 11.8 Å². The van der Waals surface area contributed by atoms with Gasteiger partial charge in [0.05, 0.1) is 19.8 Å². The second-order valence-corrected chi connectivity index (χ2v) is 7.24. The predicted octanol–water partition coefficient (Wildman–Crippen LogP) is 1.41. The molecule has 2 atom stereocenters. The number of para-hydroxylation sites is 1. The van der Waals surface area contributed by atoms with Gasteiger partial charge in [-0.3, -0.25) is 9.59 Å². The van der Waals surface area contributed by atoms with Crippen LogP contribution in [0.5, 0.6) is 5.75 Å². The van der Waals surface area contributed by atoms with E-state index >= 15 is 0 Å². The minimum Gasteiger partial charge on any atom is -0.410 e. The number of benzene rings is 2. The van der Waals surface area contributed by atoms with Crippen LogP contribution in [-0.4, -0.2) is 66.0 Å². The Morgan fingerprint density at radius 1 is 1.00 bits per heavy atom. The molecule has 2 aromatic rings. The van der Waals surface area contributed by atoms with Crippen molar-refractivity contribution in [2.75, 3.05) is 26.2 Å². The highest BCUT2D eigenvalue weighted by Crippen LogP contribution is 2.18. The van der Waals surface area contributed by atoms with Crippen molar-refractivity contribution in [3.05, 3.63) is 66.2 Å². The summed E-state index contributed by atoms with van der Waals surface area (Å²) < 4.78 is 11.0. The molecule has 8 nitrogen and oxygen atoms in total. The largest absolute Gasteiger partial charge is 0.415 e. The van der Waals surface area contributed by atoms with Crippen LogP contribution in [0.1, 0.15) is 5.56 Å². The molecule has 4 rings (SSSR count). The van der Waals surface area contributed by atoms with Gasteiger partial charge in [-0.1, -0.05) is 48.5 Å². The Bertz CT molecular complexity index is 906. The fourth-order valence-corrected chi connectivity index (χ4v) is 3.60. The van der Waals surface area contributed by atoms with Crippen LogP contribution in [0.2, 0.25) is 0 Å². The number of carbonyl (C=O) groups excluding carboxylic acids is 3. The Morgan fingerprint density at radius 2 is 1.70 bits per heavy atom. The van der Waals surface area contributed by atoms with Gasteiger partial charge in [-0.25, -0.2) is 4.79 Å². The van der Waals surface area contributed by atoms with Crippen LogP contribution in [0.4, 0.5) is 4.79 Å². The molecule has 0 unspecified atom stereocenters. The van der Waals surface area contributed by atoms with Gasteiger partial charge >= 0.3 is 6.09 Å². The van der Waals surface area contributed by atoms with Crippen molar-refractivity contribution in [3.8, 4) is 5.75 Å². The zero-order valence-electron chi connectivity index (χ0n) is 16.4. The van der Waals surface area contributed by atoms with E-state index in [1.54, 1.807) is 24.3 Å². The number of hydrogen-bond acceptors (Lipinski definition) is 5. The smallest absolute Gasteiger partial charge is 0.410 e. The molecule has 8 heteroatoms. The summed E-state index contributed by atoms with van der Waals surface area (Å²) in [6.45, 7) is 1.14. The third-order valence-corrected chi connectivity index (χ3v) is 5.18. The second kappa shape index (κ2) is 8.96. The summed E-state index contributed by atoms with van der Waals surface area (Å²) >= 11 is 0. The molecule has 30 heavy (non-hydrogen) atoms. The number of nitrogens with zero attached hydrogens (tertiary/aromatic N) is 2. The van der Waals surface area contributed by atoms with Gasteiger partial charge in [0.25, 0.3) is 0 Å². The maximum atomic E-state index is 12.8. The van der Waals surface area contributed by atoms with E-state index in [9.17, 15) is 14.4 Å². The highest BCUT2D eigenvalue weighted by atomic mass is 16.6. The number of nitrogens with one attached hydrogen (secondary N) is 1. The van der Waals surface area contributed by atoms with Crippen LogP contribution in [0.25, 0.3) is 0 Å². The molecule has 0 spiro atoms. The highest BCUT2D eigenvalue weighted by Gasteiger charge is 2.44. The zero-order valence-corrected chi connectivity index (χ0v) is 16.4. The summed E-state index contributed by atoms with van der Waals surface area (Å²) in [4.78, 5) is 40.8. The van der Waals surface area contributed by atoms with Crippen molar-refractivity contribution in [3.63, 3.8) is 0 Å². The minimum absolute atomic E-state index is 0.0980. The number of ether oxygens (including phenoxy) is 2. The first-order valence-electron chi connectivity index (χ1n) is 9.86. The number of amides is 3. The van der Waals surface area contributed by atoms with Crippen LogP contribution < -0.4 is 10.1 Å². The first-order chi connectivity index (χ1) is 14.6. The zero-order chi connectivity index (χ0) is 20.9. The lowest BCUT2D eigenvalue weighted by Crippen LogP contribution is -2.70. The monoisotopic (exact) mass is 409 g/mol. The average molecular weight is 409 g/mol. The van der Waals surface area contributed by atoms with E-state index < -0.39 is 18.2 Å². The molecule has 0 radical (unpaired) electrons. The molecule has 156 valence electrons. The summed E-state index contributed by atoms with van der Waals surface area (Å²) in [5, 5.41) is 2.73. The highest BCUT2D eigenvalue weighted by molar-refractivity contribution is 5.97. The lowest BCUT2D eigenvalue weighted by Gasteiger charge is -2.44. The van der Waals surface area contributed by atoms with Gasteiger partial charge < -0.3 is 24.6 Å². The third-order valence-electron chi connectivity index (χ3n) is 5.18. The third kappa shape index (κ3) is 4.44. The summed E-state index contributed by atoms with van der Waals surface area (Å²) in [6.07, 6.45) is -0.533. The Balaban J connectivity index is 1.32. The van der Waals surface area contributed by atoms with E-state index in [1.807, 2.05) is 36.4 Å². The van der Waals surface area contributed by atoms with Gasteiger partial charge in [-0.05, 0) is 17.7 Å². The van der Waals surface area contributed by atoms with Crippen LogP contribution in [0.15, 0.2) is 60.7 Å². The normalized spacial score (nSPS) is 21.1. The Kier molecular flexibility index (Phi) is 5.94. The van der Waals surface area contributed by atoms with Crippen molar-refractivity contribution >= 4 is 17.9 Å².